The van der Waals surface area contributed by atoms with Gasteiger partial charge in [-0.2, -0.15) is 0 Å². The van der Waals surface area contributed by atoms with E-state index in [0.717, 1.165) is 72.9 Å². The van der Waals surface area contributed by atoms with Gasteiger partial charge < -0.3 is 38.7 Å². The van der Waals surface area contributed by atoms with E-state index in [1.165, 1.54) is 0 Å². The third kappa shape index (κ3) is 11.0. The molecule has 0 aromatic heterocycles. The van der Waals surface area contributed by atoms with Crippen molar-refractivity contribution in [3.63, 3.8) is 0 Å². The summed E-state index contributed by atoms with van der Waals surface area (Å²) in [5.74, 6) is 0.197. The lowest BCUT2D eigenvalue weighted by atomic mass is 9.55. The first-order chi connectivity index (χ1) is 31.1. The van der Waals surface area contributed by atoms with E-state index in [1.54, 1.807) is 11.0 Å². The Bertz CT molecular complexity index is 2040. The van der Waals surface area contributed by atoms with Crippen molar-refractivity contribution in [3.05, 3.63) is 103 Å². The van der Waals surface area contributed by atoms with Crippen LogP contribution in [0.2, 0.25) is 0 Å². The number of ether oxygens (including phenoxy) is 5. The van der Waals surface area contributed by atoms with Crippen molar-refractivity contribution in [2.24, 2.45) is 28.3 Å². The number of carbonyl (C=O) groups excluding carboxylic acids is 1. The second-order valence-electron chi connectivity index (χ2n) is 19.0. The molecule has 2 heterocycles. The Morgan fingerprint density at radius 1 is 0.953 bits per heavy atom. The van der Waals surface area contributed by atoms with Crippen LogP contribution >= 0.6 is 0 Å². The predicted octanol–water partition coefficient (Wildman–Crippen LogP) is 11.2. The summed E-state index contributed by atoms with van der Waals surface area (Å²) in [5, 5.41) is 25.0. The lowest BCUT2D eigenvalue weighted by molar-refractivity contribution is -0.255. The molecule has 4 aliphatic rings. The standard InChI is InChI=1S/C53H70N2O9/c1-6-28-55(51(58)60-36-52(3,4)5)47-35-45(54-64-48-21-13-16-32-59-48)43-33-39(19-11-14-29-56)42(20-12-15-30-57)49-44-34-41(26-27-46(44)63-53(47,50(43)49)61-31-7-2)62-40-24-22-38(23-25-40)37-17-9-8-10-18-37/h7-10,17-18,22-27,33-34,39,42,47-50,56-57H,2,6,11-16,19-21,28-32,35-36H2,1,3-5H3/t39-,42+,47-,48?,49+,50+,53+/m0/s1. The van der Waals surface area contributed by atoms with Crippen molar-refractivity contribution in [1.82, 2.24) is 4.90 Å². The Balaban J connectivity index is 1.39. The molecule has 2 N–H and O–H groups in total. The molecular formula is C53H70N2O9. The molecule has 7 atom stereocenters. The lowest BCUT2D eigenvalue weighted by Crippen LogP contribution is -2.70. The Labute approximate surface area is 380 Å². The number of carbonyl (C=O) groups is 1. The van der Waals surface area contributed by atoms with Crippen LogP contribution in [0, 0.1) is 23.2 Å². The van der Waals surface area contributed by atoms with Gasteiger partial charge in [0.1, 0.15) is 23.3 Å². The monoisotopic (exact) mass is 879 g/mol. The highest BCUT2D eigenvalue weighted by atomic mass is 16.8. The van der Waals surface area contributed by atoms with Crippen molar-refractivity contribution in [2.45, 2.75) is 122 Å². The van der Waals surface area contributed by atoms with E-state index in [2.05, 4.69) is 49.9 Å². The molecule has 2 aliphatic carbocycles. The van der Waals surface area contributed by atoms with Crippen molar-refractivity contribution in [3.8, 4) is 28.4 Å². The van der Waals surface area contributed by atoms with Crippen LogP contribution in [-0.4, -0.2) is 84.6 Å². The summed E-state index contributed by atoms with van der Waals surface area (Å²) in [6.07, 6.45) is 11.6. The molecule has 1 amide bonds. The zero-order chi connectivity index (χ0) is 45.1. The van der Waals surface area contributed by atoms with E-state index in [1.807, 2.05) is 63.2 Å². The van der Waals surface area contributed by atoms with Crippen LogP contribution in [-0.2, 0) is 19.0 Å². The van der Waals surface area contributed by atoms with Crippen LogP contribution in [0.5, 0.6) is 17.2 Å². The maximum atomic E-state index is 14.5. The number of rotatable bonds is 20. The number of oxime groups is 1. The summed E-state index contributed by atoms with van der Waals surface area (Å²) in [7, 11) is 0. The second-order valence-corrected chi connectivity index (χ2v) is 19.0. The largest absolute Gasteiger partial charge is 0.459 e. The summed E-state index contributed by atoms with van der Waals surface area (Å²) in [6.45, 7) is 13.9. The highest BCUT2D eigenvalue weighted by Crippen LogP contribution is 2.62. The molecule has 11 nitrogen and oxygen atoms in total. The second kappa shape index (κ2) is 22.0. The molecule has 0 spiro atoms. The third-order valence-electron chi connectivity index (χ3n) is 13.0. The van der Waals surface area contributed by atoms with E-state index in [4.69, 9.17) is 33.7 Å². The number of unbranched alkanes of at least 4 members (excludes halogenated alkanes) is 2. The van der Waals surface area contributed by atoms with Gasteiger partial charge in [0.05, 0.1) is 31.5 Å². The highest BCUT2D eigenvalue weighted by Gasteiger charge is 2.65. The predicted molar refractivity (Wildman–Crippen MR) is 249 cm³/mol. The molecule has 3 aromatic rings. The average molecular weight is 879 g/mol. The van der Waals surface area contributed by atoms with Gasteiger partial charge in [-0.15, -0.1) is 6.58 Å². The number of hydrogen-bond acceptors (Lipinski definition) is 10. The number of aliphatic hydroxyl groups excluding tert-OH is 2. The molecule has 7 rings (SSSR count). The maximum absolute atomic E-state index is 14.5. The molecule has 1 saturated heterocycles. The van der Waals surface area contributed by atoms with Gasteiger partial charge in [-0.05, 0) is 109 Å². The van der Waals surface area contributed by atoms with Crippen molar-refractivity contribution >= 4 is 11.8 Å². The van der Waals surface area contributed by atoms with Gasteiger partial charge in [-0.3, -0.25) is 4.90 Å². The summed E-state index contributed by atoms with van der Waals surface area (Å²) in [5.41, 5.74) is 4.68. The summed E-state index contributed by atoms with van der Waals surface area (Å²) in [4.78, 5) is 22.6. The number of nitrogens with zero attached hydrogens (tertiary/aromatic N) is 2. The van der Waals surface area contributed by atoms with Crippen LogP contribution in [0.25, 0.3) is 11.1 Å². The molecule has 2 aliphatic heterocycles. The number of benzene rings is 3. The third-order valence-corrected chi connectivity index (χ3v) is 13.0. The zero-order valence-corrected chi connectivity index (χ0v) is 38.4. The number of hydrogen-bond donors (Lipinski definition) is 2. The van der Waals surface area contributed by atoms with Crippen LogP contribution in [0.1, 0.15) is 110 Å². The molecule has 64 heavy (non-hydrogen) atoms. The quantitative estimate of drug-likeness (QED) is 0.0647. The van der Waals surface area contributed by atoms with Gasteiger partial charge in [0.15, 0.2) is 0 Å². The Morgan fingerprint density at radius 2 is 1.69 bits per heavy atom. The number of fused-ring (bicyclic) bond motifs is 2. The van der Waals surface area contributed by atoms with Gasteiger partial charge in [0, 0.05) is 44.1 Å². The maximum Gasteiger partial charge on any atom is 0.410 e. The molecular weight excluding hydrogens is 809 g/mol. The fraction of sp³-hybridized carbons (Fsp3) is 0.547. The SMILES string of the molecule is C=CCO[C@@]12Oc3ccc(Oc4ccc(-c5ccccc5)cc4)cc3[C@H]3[C@H](CCCCO)[C@@H](CCCCO)C=C(C(=NOC4CCCCO4)C[C@@H]1N(CCC)C(=O)OCC(C)(C)C)[C@H]32. The van der Waals surface area contributed by atoms with Crippen molar-refractivity contribution in [2.75, 3.05) is 39.6 Å². The minimum absolute atomic E-state index is 0.0730. The van der Waals surface area contributed by atoms with E-state index in [0.29, 0.717) is 49.7 Å². The molecule has 11 heteroatoms. The van der Waals surface area contributed by atoms with E-state index in [-0.39, 0.29) is 56.0 Å². The van der Waals surface area contributed by atoms with Gasteiger partial charge >= 0.3 is 6.09 Å². The summed E-state index contributed by atoms with van der Waals surface area (Å²) < 4.78 is 33.3. The van der Waals surface area contributed by atoms with Crippen LogP contribution in [0.3, 0.4) is 0 Å². The first kappa shape index (κ1) is 47.3. The minimum Gasteiger partial charge on any atom is -0.459 e. The fourth-order valence-electron chi connectivity index (χ4n) is 10.1. The first-order valence-electron chi connectivity index (χ1n) is 23.7. The number of amides is 1. The molecule has 1 saturated carbocycles. The van der Waals surface area contributed by atoms with Crippen molar-refractivity contribution in [1.29, 1.82) is 0 Å². The van der Waals surface area contributed by atoms with Gasteiger partial charge in [-0.1, -0.05) is 100 Å². The van der Waals surface area contributed by atoms with Crippen molar-refractivity contribution < 1.29 is 43.5 Å². The average Bonchev–Trinajstić information content (AvgIpc) is 3.30. The number of aliphatic hydroxyl groups is 2. The fourth-order valence-corrected chi connectivity index (χ4v) is 10.1. The molecule has 0 bridgehead atoms. The molecule has 2 fully saturated rings. The first-order valence-corrected chi connectivity index (χ1v) is 23.7. The summed E-state index contributed by atoms with van der Waals surface area (Å²) in [6, 6.07) is 23.8. The Morgan fingerprint density at radius 3 is 2.38 bits per heavy atom. The van der Waals surface area contributed by atoms with E-state index >= 15 is 0 Å². The minimum atomic E-state index is -1.38. The van der Waals surface area contributed by atoms with Gasteiger partial charge in [0.2, 0.25) is 12.1 Å². The molecule has 0 radical (unpaired) electrons. The smallest absolute Gasteiger partial charge is 0.410 e. The Kier molecular flexibility index (Phi) is 16.3. The van der Waals surface area contributed by atoms with Crippen LogP contribution in [0.4, 0.5) is 4.79 Å². The van der Waals surface area contributed by atoms with Crippen LogP contribution < -0.4 is 9.47 Å². The topological polar surface area (TPSA) is 129 Å². The number of allylic oxidation sites excluding steroid dienone is 1. The molecule has 346 valence electrons. The van der Waals surface area contributed by atoms with Gasteiger partial charge in [0.25, 0.3) is 0 Å². The van der Waals surface area contributed by atoms with Crippen LogP contribution in [0.15, 0.2) is 102 Å². The highest BCUT2D eigenvalue weighted by molar-refractivity contribution is 6.03. The molecule has 1 unspecified atom stereocenters. The normalized spacial score (nSPS) is 25.6. The summed E-state index contributed by atoms with van der Waals surface area (Å²) >= 11 is 0. The van der Waals surface area contributed by atoms with E-state index in [9.17, 15) is 15.0 Å². The van der Waals surface area contributed by atoms with E-state index < -0.39 is 30.1 Å². The Hall–Kier alpha value is -4.68. The molecule has 3 aromatic carbocycles. The van der Waals surface area contributed by atoms with Gasteiger partial charge in [-0.25, -0.2) is 4.79 Å². The lowest BCUT2D eigenvalue weighted by Gasteiger charge is -2.60. The zero-order valence-electron chi connectivity index (χ0n) is 38.4.